The third-order valence-electron chi connectivity index (χ3n) is 6.04. The molecular formula is C25H23FN4O2S. The van der Waals surface area contributed by atoms with Crippen LogP contribution in [0.2, 0.25) is 0 Å². The lowest BCUT2D eigenvalue weighted by Crippen LogP contribution is -2.37. The van der Waals surface area contributed by atoms with Crippen molar-refractivity contribution in [3.05, 3.63) is 92.9 Å². The minimum absolute atomic E-state index is 0.0330. The van der Waals surface area contributed by atoms with Crippen LogP contribution in [0.1, 0.15) is 49.3 Å². The van der Waals surface area contributed by atoms with Crippen LogP contribution in [0, 0.1) is 11.2 Å². The van der Waals surface area contributed by atoms with Gasteiger partial charge in [-0.05, 0) is 35.1 Å². The van der Waals surface area contributed by atoms with Gasteiger partial charge in [0, 0.05) is 41.8 Å². The summed E-state index contributed by atoms with van der Waals surface area (Å²) in [5.41, 5.74) is 2.64. The summed E-state index contributed by atoms with van der Waals surface area (Å²) in [5.74, 6) is -0.0216. The Morgan fingerprint density at radius 2 is 1.97 bits per heavy atom. The first-order valence-corrected chi connectivity index (χ1v) is 11.7. The van der Waals surface area contributed by atoms with Crippen molar-refractivity contribution >= 4 is 23.4 Å². The summed E-state index contributed by atoms with van der Waals surface area (Å²) in [7, 11) is 0. The predicted octanol–water partition coefficient (Wildman–Crippen LogP) is 4.80. The Kier molecular flexibility index (Phi) is 5.40. The predicted molar refractivity (Wildman–Crippen MR) is 126 cm³/mol. The highest BCUT2D eigenvalue weighted by molar-refractivity contribution is 7.98. The number of nitrogens with one attached hydrogen (secondary N) is 2. The summed E-state index contributed by atoms with van der Waals surface area (Å²) in [4.78, 5) is 38.2. The van der Waals surface area contributed by atoms with Gasteiger partial charge in [0.15, 0.2) is 10.9 Å². The number of thioether (sulfide) groups is 1. The van der Waals surface area contributed by atoms with Crippen molar-refractivity contribution in [2.24, 2.45) is 5.41 Å². The fourth-order valence-electron chi connectivity index (χ4n) is 4.60. The molecule has 5 rings (SSSR count). The molecule has 0 spiro atoms. The number of pyridine rings is 1. The van der Waals surface area contributed by atoms with Crippen molar-refractivity contribution in [3.8, 4) is 0 Å². The second-order valence-corrected chi connectivity index (χ2v) is 10.2. The van der Waals surface area contributed by atoms with Gasteiger partial charge in [-0.15, -0.1) is 0 Å². The number of hydrogen-bond donors (Lipinski definition) is 2. The Labute approximate surface area is 194 Å². The molecule has 8 heteroatoms. The molecule has 33 heavy (non-hydrogen) atoms. The number of carbonyl (C=O) groups excluding carboxylic acids is 1. The van der Waals surface area contributed by atoms with E-state index in [9.17, 15) is 14.0 Å². The topological polar surface area (TPSA) is 87.7 Å². The van der Waals surface area contributed by atoms with Gasteiger partial charge in [0.2, 0.25) is 0 Å². The van der Waals surface area contributed by atoms with E-state index in [1.807, 2.05) is 6.07 Å². The highest BCUT2D eigenvalue weighted by atomic mass is 32.2. The summed E-state index contributed by atoms with van der Waals surface area (Å²) >= 11 is 1.26. The number of rotatable bonds is 4. The molecule has 1 aliphatic heterocycles. The summed E-state index contributed by atoms with van der Waals surface area (Å²) in [6.45, 7) is 4.12. The van der Waals surface area contributed by atoms with Crippen LogP contribution in [0.4, 0.5) is 10.2 Å². The van der Waals surface area contributed by atoms with E-state index < -0.39 is 5.92 Å². The van der Waals surface area contributed by atoms with E-state index in [1.54, 1.807) is 36.7 Å². The molecule has 2 aliphatic rings. The molecule has 2 aromatic heterocycles. The zero-order chi connectivity index (χ0) is 23.2. The van der Waals surface area contributed by atoms with E-state index in [4.69, 9.17) is 0 Å². The number of H-pyrrole nitrogens is 1. The van der Waals surface area contributed by atoms with Crippen molar-refractivity contribution in [2.45, 2.75) is 43.5 Å². The molecule has 0 fully saturated rings. The van der Waals surface area contributed by atoms with Crippen molar-refractivity contribution in [3.63, 3.8) is 0 Å². The third kappa shape index (κ3) is 4.11. The van der Waals surface area contributed by atoms with Crippen LogP contribution < -0.4 is 10.9 Å². The Morgan fingerprint density at radius 1 is 1.15 bits per heavy atom. The van der Waals surface area contributed by atoms with Gasteiger partial charge >= 0.3 is 0 Å². The molecule has 1 aromatic carbocycles. The Balaban J connectivity index is 1.58. The summed E-state index contributed by atoms with van der Waals surface area (Å²) in [6, 6.07) is 10.2. The highest BCUT2D eigenvalue weighted by Gasteiger charge is 2.42. The number of fused-ring (bicyclic) bond motifs is 1. The molecule has 2 N–H and O–H groups in total. The van der Waals surface area contributed by atoms with E-state index in [0.717, 1.165) is 11.3 Å². The summed E-state index contributed by atoms with van der Waals surface area (Å²) < 4.78 is 14.0. The van der Waals surface area contributed by atoms with E-state index in [-0.39, 0.29) is 22.6 Å². The number of carbonyl (C=O) groups is 1. The van der Waals surface area contributed by atoms with Crippen LogP contribution in [0.15, 0.2) is 70.0 Å². The molecule has 0 bridgehead atoms. The van der Waals surface area contributed by atoms with Gasteiger partial charge in [-0.25, -0.2) is 9.37 Å². The number of halogens is 1. The minimum Gasteiger partial charge on any atom is -0.343 e. The standard InChI is InChI=1S/C25H23FN4O2S/c1-25(2)10-17-20(18(31)11-25)19(14-7-5-9-27-12-14)21-22(28-17)29-24(30-23(21)32)33-13-15-6-3-4-8-16(15)26/h3-9,12,19H,10-11,13H2,1-2H3,(H2,28,29,30,32)/t19-/m1/s1. The molecule has 6 nitrogen and oxygen atoms in total. The molecule has 0 saturated carbocycles. The fourth-order valence-corrected chi connectivity index (χ4v) is 5.45. The van der Waals surface area contributed by atoms with Gasteiger partial charge in [-0.2, -0.15) is 0 Å². The molecule has 0 unspecified atom stereocenters. The van der Waals surface area contributed by atoms with Gasteiger partial charge in [0.25, 0.3) is 5.56 Å². The van der Waals surface area contributed by atoms with Gasteiger partial charge in [0.05, 0.1) is 5.56 Å². The third-order valence-corrected chi connectivity index (χ3v) is 6.96. The van der Waals surface area contributed by atoms with Crippen LogP contribution in [-0.2, 0) is 10.5 Å². The number of hydrogen-bond acceptors (Lipinski definition) is 6. The molecule has 168 valence electrons. The number of aromatic amines is 1. The SMILES string of the molecule is CC1(C)CC(=O)C2=C(C1)Nc1nc(SCc3ccccc3F)[nH]c(=O)c1[C@@H]2c1cccnc1. The van der Waals surface area contributed by atoms with Crippen LogP contribution in [0.3, 0.4) is 0 Å². The van der Waals surface area contributed by atoms with E-state index in [0.29, 0.717) is 46.3 Å². The van der Waals surface area contributed by atoms with Crippen molar-refractivity contribution < 1.29 is 9.18 Å². The monoisotopic (exact) mass is 462 g/mol. The quantitative estimate of drug-likeness (QED) is 0.428. The second-order valence-electron chi connectivity index (χ2n) is 9.19. The molecule has 1 aliphatic carbocycles. The normalized spacial score (nSPS) is 19.0. The first-order chi connectivity index (χ1) is 15.8. The second kappa shape index (κ2) is 8.26. The maximum absolute atomic E-state index is 14.0. The van der Waals surface area contributed by atoms with Crippen molar-refractivity contribution in [1.29, 1.82) is 0 Å². The molecule has 0 amide bonds. The maximum Gasteiger partial charge on any atom is 0.257 e. The number of aromatic nitrogens is 3. The lowest BCUT2D eigenvalue weighted by molar-refractivity contribution is -0.118. The Morgan fingerprint density at radius 3 is 2.73 bits per heavy atom. The molecule has 3 heterocycles. The first kappa shape index (κ1) is 21.6. The maximum atomic E-state index is 14.0. The zero-order valence-electron chi connectivity index (χ0n) is 18.3. The van der Waals surface area contributed by atoms with Crippen LogP contribution >= 0.6 is 11.8 Å². The van der Waals surface area contributed by atoms with Crippen LogP contribution in [0.25, 0.3) is 0 Å². The smallest absolute Gasteiger partial charge is 0.257 e. The van der Waals surface area contributed by atoms with E-state index >= 15 is 0 Å². The largest absolute Gasteiger partial charge is 0.343 e. The number of allylic oxidation sites excluding steroid dienone is 2. The highest BCUT2D eigenvalue weighted by Crippen LogP contribution is 2.47. The number of anilines is 1. The lowest BCUT2D eigenvalue weighted by atomic mass is 9.69. The Bertz CT molecular complexity index is 1330. The molecule has 0 radical (unpaired) electrons. The lowest BCUT2D eigenvalue weighted by Gasteiger charge is -2.38. The molecule has 3 aromatic rings. The van der Waals surface area contributed by atoms with E-state index in [2.05, 4.69) is 34.1 Å². The summed E-state index contributed by atoms with van der Waals surface area (Å²) in [6.07, 6.45) is 4.45. The van der Waals surface area contributed by atoms with E-state index in [1.165, 1.54) is 17.8 Å². The molecule has 0 saturated heterocycles. The van der Waals surface area contributed by atoms with Gasteiger partial charge in [0.1, 0.15) is 11.6 Å². The first-order valence-electron chi connectivity index (χ1n) is 10.8. The van der Waals surface area contributed by atoms with Crippen molar-refractivity contribution in [2.75, 3.05) is 5.32 Å². The molecule has 1 atom stereocenters. The summed E-state index contributed by atoms with van der Waals surface area (Å²) in [5, 5.41) is 3.69. The zero-order valence-corrected chi connectivity index (χ0v) is 19.1. The average Bonchev–Trinajstić information content (AvgIpc) is 2.77. The minimum atomic E-state index is -0.532. The van der Waals surface area contributed by atoms with Gasteiger partial charge in [-0.1, -0.05) is 49.9 Å². The van der Waals surface area contributed by atoms with Gasteiger partial charge in [-0.3, -0.25) is 14.6 Å². The number of nitrogens with zero attached hydrogens (tertiary/aromatic N) is 2. The number of benzene rings is 1. The van der Waals surface area contributed by atoms with Gasteiger partial charge < -0.3 is 10.3 Å². The number of ketones is 1. The van der Waals surface area contributed by atoms with Crippen LogP contribution in [0.5, 0.6) is 0 Å². The van der Waals surface area contributed by atoms with Crippen LogP contribution in [-0.4, -0.2) is 20.7 Å². The molecular weight excluding hydrogens is 439 g/mol. The average molecular weight is 463 g/mol. The van der Waals surface area contributed by atoms with Crippen molar-refractivity contribution in [1.82, 2.24) is 15.0 Å². The number of Topliss-reactive ketones (excluding diaryl/α,β-unsaturated/α-hetero) is 1. The fraction of sp³-hybridized carbons (Fsp3) is 0.280. The Hall–Kier alpha value is -3.26.